The molecular weight excluding hydrogens is 330 g/mol. The van der Waals surface area contributed by atoms with E-state index in [1.165, 1.54) is 5.39 Å². The number of hydrogen-bond donors (Lipinski definition) is 0. The predicted molar refractivity (Wildman–Crippen MR) is 110 cm³/mol. The van der Waals surface area contributed by atoms with Crippen molar-refractivity contribution in [3.8, 4) is 0 Å². The first-order valence-electron chi connectivity index (χ1n) is 9.07. The van der Waals surface area contributed by atoms with Gasteiger partial charge >= 0.3 is 0 Å². The van der Waals surface area contributed by atoms with Gasteiger partial charge < -0.3 is 0 Å². The lowest BCUT2D eigenvalue weighted by atomic mass is 9.91. The summed E-state index contributed by atoms with van der Waals surface area (Å²) in [6.07, 6.45) is 0. The Hall–Kier alpha value is -3.52. The molecule has 27 heavy (non-hydrogen) atoms. The van der Waals surface area contributed by atoms with Gasteiger partial charge in [-0.1, -0.05) is 84.9 Å². The SMILES string of the molecule is O=C1c2ccccc2C(=Nc2ccccc2)[C@@H]1c1ccc2ccccc2c1. The number of carbonyl (C=O) groups excluding carboxylic acids is 1. The van der Waals surface area contributed by atoms with Crippen molar-refractivity contribution < 1.29 is 4.79 Å². The lowest BCUT2D eigenvalue weighted by Gasteiger charge is -2.12. The van der Waals surface area contributed by atoms with Gasteiger partial charge in [-0.3, -0.25) is 9.79 Å². The van der Waals surface area contributed by atoms with Crippen LogP contribution in [-0.2, 0) is 0 Å². The van der Waals surface area contributed by atoms with Gasteiger partial charge in [-0.05, 0) is 28.5 Å². The Morgan fingerprint density at radius 1 is 0.630 bits per heavy atom. The summed E-state index contributed by atoms with van der Waals surface area (Å²) in [7, 11) is 0. The molecule has 0 aromatic heterocycles. The molecule has 0 spiro atoms. The highest BCUT2D eigenvalue weighted by Gasteiger charge is 2.37. The molecule has 1 aliphatic rings. The summed E-state index contributed by atoms with van der Waals surface area (Å²) in [5.74, 6) is -0.247. The summed E-state index contributed by atoms with van der Waals surface area (Å²) in [4.78, 5) is 18.1. The first kappa shape index (κ1) is 15.7. The lowest BCUT2D eigenvalue weighted by molar-refractivity contribution is 0.0988. The van der Waals surface area contributed by atoms with Gasteiger partial charge in [-0.2, -0.15) is 0 Å². The van der Waals surface area contributed by atoms with Gasteiger partial charge in [0.2, 0.25) is 0 Å². The first-order chi connectivity index (χ1) is 13.3. The number of nitrogens with zero attached hydrogens (tertiary/aromatic N) is 1. The van der Waals surface area contributed by atoms with Crippen molar-refractivity contribution in [1.29, 1.82) is 0 Å². The molecule has 1 atom stereocenters. The highest BCUT2D eigenvalue weighted by atomic mass is 16.1. The van der Waals surface area contributed by atoms with Crippen LogP contribution in [0.15, 0.2) is 102 Å². The largest absolute Gasteiger partial charge is 0.293 e. The fourth-order valence-electron chi connectivity index (χ4n) is 3.82. The van der Waals surface area contributed by atoms with E-state index in [9.17, 15) is 4.79 Å². The minimum atomic E-state index is -0.368. The van der Waals surface area contributed by atoms with Gasteiger partial charge in [0.15, 0.2) is 5.78 Å². The number of rotatable bonds is 2. The zero-order valence-corrected chi connectivity index (χ0v) is 14.7. The third-order valence-corrected chi connectivity index (χ3v) is 5.12. The third-order valence-electron chi connectivity index (χ3n) is 5.12. The summed E-state index contributed by atoms with van der Waals surface area (Å²) >= 11 is 0. The van der Waals surface area contributed by atoms with Crippen LogP contribution in [-0.4, -0.2) is 11.5 Å². The summed E-state index contributed by atoms with van der Waals surface area (Å²) in [6.45, 7) is 0. The molecule has 1 aliphatic carbocycles. The molecule has 0 heterocycles. The molecule has 4 aromatic rings. The highest BCUT2D eigenvalue weighted by Crippen LogP contribution is 2.37. The van der Waals surface area contributed by atoms with E-state index in [2.05, 4.69) is 30.3 Å². The number of carbonyl (C=O) groups is 1. The second kappa shape index (κ2) is 6.33. The van der Waals surface area contributed by atoms with Crippen LogP contribution >= 0.6 is 0 Å². The molecular formula is C25H17NO. The van der Waals surface area contributed by atoms with Crippen molar-refractivity contribution in [2.45, 2.75) is 5.92 Å². The number of para-hydroxylation sites is 1. The predicted octanol–water partition coefficient (Wildman–Crippen LogP) is 5.94. The summed E-state index contributed by atoms with van der Waals surface area (Å²) in [5, 5.41) is 2.31. The van der Waals surface area contributed by atoms with Crippen LogP contribution in [0.5, 0.6) is 0 Å². The molecule has 0 saturated carbocycles. The molecule has 0 aliphatic heterocycles. The first-order valence-corrected chi connectivity index (χ1v) is 9.07. The number of ketones is 1. The number of fused-ring (bicyclic) bond motifs is 2. The van der Waals surface area contributed by atoms with E-state index in [1.54, 1.807) is 0 Å². The summed E-state index contributed by atoms with van der Waals surface area (Å²) in [6, 6.07) is 32.1. The molecule has 0 N–H and O–H groups in total. The van der Waals surface area contributed by atoms with E-state index in [1.807, 2.05) is 66.7 Å². The topological polar surface area (TPSA) is 29.4 Å². The smallest absolute Gasteiger partial charge is 0.176 e. The molecule has 2 nitrogen and oxygen atoms in total. The number of benzene rings is 4. The molecule has 0 unspecified atom stereocenters. The van der Waals surface area contributed by atoms with Gasteiger partial charge in [-0.25, -0.2) is 0 Å². The zero-order valence-electron chi connectivity index (χ0n) is 14.7. The van der Waals surface area contributed by atoms with Crippen molar-refractivity contribution >= 4 is 28.0 Å². The van der Waals surface area contributed by atoms with Gasteiger partial charge in [0, 0.05) is 11.1 Å². The van der Waals surface area contributed by atoms with Crippen LogP contribution in [0.2, 0.25) is 0 Å². The summed E-state index contributed by atoms with van der Waals surface area (Å²) < 4.78 is 0. The molecule has 128 valence electrons. The van der Waals surface area contributed by atoms with Gasteiger partial charge in [0.1, 0.15) is 0 Å². The van der Waals surface area contributed by atoms with E-state index >= 15 is 0 Å². The van der Waals surface area contributed by atoms with E-state index < -0.39 is 0 Å². The van der Waals surface area contributed by atoms with Crippen molar-refractivity contribution in [1.82, 2.24) is 0 Å². The average molecular weight is 347 g/mol. The number of hydrogen-bond acceptors (Lipinski definition) is 2. The average Bonchev–Trinajstić information content (AvgIpc) is 3.00. The molecule has 0 fully saturated rings. The second-order valence-corrected chi connectivity index (χ2v) is 6.78. The second-order valence-electron chi connectivity index (χ2n) is 6.78. The number of Topliss-reactive ketones (excluding diaryl/α,β-unsaturated/α-hetero) is 1. The van der Waals surface area contributed by atoms with Gasteiger partial charge in [0.05, 0.1) is 17.3 Å². The van der Waals surface area contributed by atoms with E-state index in [-0.39, 0.29) is 11.7 Å². The van der Waals surface area contributed by atoms with Crippen LogP contribution in [0.4, 0.5) is 5.69 Å². The Labute approximate surface area is 157 Å². The maximum atomic E-state index is 13.3. The molecule has 4 aromatic carbocycles. The van der Waals surface area contributed by atoms with E-state index in [4.69, 9.17) is 4.99 Å². The van der Waals surface area contributed by atoms with Gasteiger partial charge in [0.25, 0.3) is 0 Å². The Kier molecular flexibility index (Phi) is 3.68. The zero-order chi connectivity index (χ0) is 18.2. The standard InChI is InChI=1S/C25H17NO/c27-25-22-13-7-6-12-21(22)24(26-20-10-2-1-3-11-20)23(25)19-15-14-17-8-4-5-9-18(17)16-19/h1-16,23H/t23-/m0/s1. The Morgan fingerprint density at radius 2 is 1.30 bits per heavy atom. The van der Waals surface area contributed by atoms with Crippen molar-refractivity contribution in [2.75, 3.05) is 0 Å². The molecule has 0 bridgehead atoms. The van der Waals surface area contributed by atoms with E-state index in [0.717, 1.165) is 33.5 Å². The van der Waals surface area contributed by atoms with Crippen LogP contribution in [0.25, 0.3) is 10.8 Å². The maximum absolute atomic E-state index is 13.3. The molecule has 2 heteroatoms. The van der Waals surface area contributed by atoms with E-state index in [0.29, 0.717) is 0 Å². The Morgan fingerprint density at radius 3 is 2.11 bits per heavy atom. The minimum absolute atomic E-state index is 0.121. The van der Waals surface area contributed by atoms with Crippen molar-refractivity contribution in [3.63, 3.8) is 0 Å². The maximum Gasteiger partial charge on any atom is 0.176 e. The fraction of sp³-hybridized carbons (Fsp3) is 0.0400. The van der Waals surface area contributed by atoms with Crippen LogP contribution in [0.3, 0.4) is 0 Å². The third kappa shape index (κ3) is 2.67. The lowest BCUT2D eigenvalue weighted by Crippen LogP contribution is -2.13. The van der Waals surface area contributed by atoms with Crippen molar-refractivity contribution in [3.05, 3.63) is 114 Å². The summed E-state index contributed by atoms with van der Waals surface area (Å²) in [5.41, 5.74) is 4.37. The Bertz CT molecular complexity index is 1190. The molecule has 0 radical (unpaired) electrons. The quantitative estimate of drug-likeness (QED) is 0.441. The molecule has 0 saturated heterocycles. The number of aliphatic imine (C=N–C) groups is 1. The minimum Gasteiger partial charge on any atom is -0.293 e. The fourth-order valence-corrected chi connectivity index (χ4v) is 3.82. The van der Waals surface area contributed by atoms with Crippen LogP contribution < -0.4 is 0 Å². The monoisotopic (exact) mass is 347 g/mol. The molecule has 0 amide bonds. The van der Waals surface area contributed by atoms with Crippen molar-refractivity contribution in [2.24, 2.45) is 4.99 Å². The van der Waals surface area contributed by atoms with Crippen LogP contribution in [0.1, 0.15) is 27.4 Å². The van der Waals surface area contributed by atoms with Gasteiger partial charge in [-0.15, -0.1) is 0 Å². The van der Waals surface area contributed by atoms with Crippen LogP contribution in [0, 0.1) is 0 Å². The normalized spacial score (nSPS) is 17.4. The Balaban J connectivity index is 1.71. The highest BCUT2D eigenvalue weighted by molar-refractivity contribution is 6.32. The molecule has 5 rings (SSSR count).